The Morgan fingerprint density at radius 3 is 2.69 bits per heavy atom. The molecular formula is C17H15BrCl2N2O4. The zero-order chi connectivity index (χ0) is 19.3. The van der Waals surface area contributed by atoms with Gasteiger partial charge in [0.05, 0.1) is 22.8 Å². The van der Waals surface area contributed by atoms with Crippen molar-refractivity contribution in [2.45, 2.75) is 13.0 Å². The smallest absolute Gasteiger partial charge is 0.280 e. The first kappa shape index (κ1) is 20.4. The van der Waals surface area contributed by atoms with Crippen LogP contribution in [0.1, 0.15) is 12.5 Å². The summed E-state index contributed by atoms with van der Waals surface area (Å²) in [6.07, 6.45) is 0.582. The molecule has 0 bridgehead atoms. The highest BCUT2D eigenvalue weighted by Gasteiger charge is 2.16. The molecule has 2 N–H and O–H groups in total. The zero-order valence-corrected chi connectivity index (χ0v) is 16.9. The molecule has 2 aromatic rings. The predicted octanol–water partition coefficient (Wildman–Crippen LogP) is 4.39. The van der Waals surface area contributed by atoms with E-state index in [2.05, 4.69) is 26.5 Å². The van der Waals surface area contributed by atoms with Crippen molar-refractivity contribution in [3.63, 3.8) is 0 Å². The van der Waals surface area contributed by atoms with Crippen molar-refractivity contribution in [1.29, 1.82) is 0 Å². The molecule has 0 heterocycles. The topological polar surface area (TPSA) is 80.2 Å². The Labute approximate surface area is 168 Å². The van der Waals surface area contributed by atoms with Gasteiger partial charge >= 0.3 is 0 Å². The highest BCUT2D eigenvalue weighted by Crippen LogP contribution is 2.34. The number of phenols is 1. The molecule has 6 nitrogen and oxygen atoms in total. The molecule has 0 saturated carbocycles. The third kappa shape index (κ3) is 5.27. The van der Waals surface area contributed by atoms with Gasteiger partial charge in [0.15, 0.2) is 17.6 Å². The Morgan fingerprint density at radius 1 is 1.31 bits per heavy atom. The van der Waals surface area contributed by atoms with E-state index in [-0.39, 0.29) is 11.5 Å². The van der Waals surface area contributed by atoms with E-state index in [9.17, 15) is 9.90 Å². The molecule has 26 heavy (non-hydrogen) atoms. The van der Waals surface area contributed by atoms with Crippen LogP contribution in [0.25, 0.3) is 0 Å². The van der Waals surface area contributed by atoms with Gasteiger partial charge in [-0.25, -0.2) is 5.43 Å². The minimum Gasteiger partial charge on any atom is -0.503 e. The molecule has 9 heteroatoms. The van der Waals surface area contributed by atoms with E-state index in [1.54, 1.807) is 31.2 Å². The van der Waals surface area contributed by atoms with Gasteiger partial charge in [-0.15, -0.1) is 0 Å². The second-order valence-corrected chi connectivity index (χ2v) is 6.82. The number of nitrogens with zero attached hydrogens (tertiary/aromatic N) is 1. The molecule has 1 atom stereocenters. The lowest BCUT2D eigenvalue weighted by molar-refractivity contribution is -0.127. The third-order valence-electron chi connectivity index (χ3n) is 3.23. The molecule has 0 saturated heterocycles. The Hall–Kier alpha value is -1.96. The van der Waals surface area contributed by atoms with Crippen molar-refractivity contribution in [1.82, 2.24) is 5.43 Å². The Balaban J connectivity index is 1.99. The second kappa shape index (κ2) is 9.12. The fourth-order valence-electron chi connectivity index (χ4n) is 1.90. The molecule has 138 valence electrons. The molecule has 0 aliphatic carbocycles. The number of amides is 1. The zero-order valence-electron chi connectivity index (χ0n) is 13.8. The number of nitrogens with one attached hydrogen (secondary N) is 1. The fourth-order valence-corrected chi connectivity index (χ4v) is 2.81. The van der Waals surface area contributed by atoms with Gasteiger partial charge in [-0.3, -0.25) is 4.79 Å². The van der Waals surface area contributed by atoms with Crippen LogP contribution in [0.4, 0.5) is 0 Å². The molecule has 1 amide bonds. The number of methoxy groups -OCH3 is 1. The van der Waals surface area contributed by atoms with E-state index < -0.39 is 12.0 Å². The third-order valence-corrected chi connectivity index (χ3v) is 4.36. The van der Waals surface area contributed by atoms with Crippen LogP contribution in [0.5, 0.6) is 17.2 Å². The maximum Gasteiger partial charge on any atom is 0.280 e. The molecule has 2 aromatic carbocycles. The first-order valence-corrected chi connectivity index (χ1v) is 8.88. The van der Waals surface area contributed by atoms with Crippen LogP contribution in [0.2, 0.25) is 10.0 Å². The van der Waals surface area contributed by atoms with Crippen LogP contribution >= 0.6 is 39.1 Å². The van der Waals surface area contributed by atoms with Gasteiger partial charge in [0.25, 0.3) is 5.91 Å². The predicted molar refractivity (Wildman–Crippen MR) is 105 cm³/mol. The number of carbonyl (C=O) groups excluding carboxylic acids is 1. The molecular weight excluding hydrogens is 447 g/mol. The first-order chi connectivity index (χ1) is 12.3. The largest absolute Gasteiger partial charge is 0.503 e. The number of hydrogen-bond acceptors (Lipinski definition) is 5. The number of halogens is 3. The quantitative estimate of drug-likeness (QED) is 0.493. The van der Waals surface area contributed by atoms with Crippen LogP contribution < -0.4 is 14.9 Å². The average molecular weight is 462 g/mol. The SMILES string of the molecule is COc1cc(/C=N\NC(=O)[C@H](C)Oc2ccc(Cl)cc2Cl)cc(Br)c1O. The van der Waals surface area contributed by atoms with E-state index in [0.717, 1.165) is 0 Å². The lowest BCUT2D eigenvalue weighted by Crippen LogP contribution is -2.33. The van der Waals surface area contributed by atoms with Crippen LogP contribution in [-0.2, 0) is 4.79 Å². The van der Waals surface area contributed by atoms with Gasteiger partial charge in [0.2, 0.25) is 0 Å². The summed E-state index contributed by atoms with van der Waals surface area (Å²) in [6.45, 7) is 1.57. The molecule has 0 radical (unpaired) electrons. The van der Waals surface area contributed by atoms with Crippen molar-refractivity contribution in [3.05, 3.63) is 50.4 Å². The van der Waals surface area contributed by atoms with Crippen LogP contribution in [0, 0.1) is 0 Å². The second-order valence-electron chi connectivity index (χ2n) is 5.12. The average Bonchev–Trinajstić information content (AvgIpc) is 2.60. The van der Waals surface area contributed by atoms with Crippen molar-refractivity contribution in [3.8, 4) is 17.2 Å². The summed E-state index contributed by atoms with van der Waals surface area (Å²) in [7, 11) is 1.44. The van der Waals surface area contributed by atoms with Gasteiger partial charge in [-0.1, -0.05) is 23.2 Å². The Kier molecular flexibility index (Phi) is 7.14. The van der Waals surface area contributed by atoms with Gasteiger partial charge in [-0.2, -0.15) is 5.10 Å². The van der Waals surface area contributed by atoms with E-state index in [1.165, 1.54) is 19.4 Å². The summed E-state index contributed by atoms with van der Waals surface area (Å²) in [5.74, 6) is 0.142. The number of aromatic hydroxyl groups is 1. The van der Waals surface area contributed by atoms with Gasteiger partial charge in [-0.05, 0) is 58.7 Å². The standard InChI is InChI=1S/C17H15BrCl2N2O4/c1-9(26-14-4-3-11(19)7-13(14)20)17(24)22-21-8-10-5-12(18)16(23)15(6-10)25-2/h3-9,23H,1-2H3,(H,22,24)/b21-8-/t9-/m0/s1. The van der Waals surface area contributed by atoms with E-state index >= 15 is 0 Å². The normalized spacial score (nSPS) is 12.0. The molecule has 0 spiro atoms. The lowest BCUT2D eigenvalue weighted by Gasteiger charge is -2.14. The van der Waals surface area contributed by atoms with E-state index in [0.29, 0.717) is 25.8 Å². The molecule has 2 rings (SSSR count). The summed E-state index contributed by atoms with van der Waals surface area (Å²) in [6, 6.07) is 7.92. The minimum atomic E-state index is -0.827. The van der Waals surface area contributed by atoms with Crippen LogP contribution in [0.3, 0.4) is 0 Å². The molecule has 0 aliphatic heterocycles. The summed E-state index contributed by atoms with van der Waals surface area (Å²) in [5.41, 5.74) is 2.98. The van der Waals surface area contributed by atoms with Crippen LogP contribution in [0.15, 0.2) is 39.9 Å². The van der Waals surface area contributed by atoms with E-state index in [1.807, 2.05) is 0 Å². The van der Waals surface area contributed by atoms with Crippen molar-refractivity contribution >= 4 is 51.3 Å². The number of benzene rings is 2. The maximum absolute atomic E-state index is 12.1. The summed E-state index contributed by atoms with van der Waals surface area (Å²) in [5, 5.41) is 14.4. The highest BCUT2D eigenvalue weighted by atomic mass is 79.9. The highest BCUT2D eigenvalue weighted by molar-refractivity contribution is 9.10. The van der Waals surface area contributed by atoms with Crippen molar-refractivity contribution < 1.29 is 19.4 Å². The number of hydrogen-bond donors (Lipinski definition) is 2. The molecule has 0 unspecified atom stereocenters. The summed E-state index contributed by atoms with van der Waals surface area (Å²) >= 11 is 15.0. The van der Waals surface area contributed by atoms with Crippen LogP contribution in [-0.4, -0.2) is 30.4 Å². The number of rotatable bonds is 6. The monoisotopic (exact) mass is 460 g/mol. The number of carbonyl (C=O) groups is 1. The summed E-state index contributed by atoms with van der Waals surface area (Å²) in [4.78, 5) is 12.1. The van der Waals surface area contributed by atoms with Gasteiger partial charge < -0.3 is 14.6 Å². The Bertz CT molecular complexity index is 846. The molecule has 0 aliphatic rings. The minimum absolute atomic E-state index is 0.0180. The van der Waals surface area contributed by atoms with Crippen molar-refractivity contribution in [2.24, 2.45) is 5.10 Å². The maximum atomic E-state index is 12.1. The number of hydrazone groups is 1. The fraction of sp³-hybridized carbons (Fsp3) is 0.176. The van der Waals surface area contributed by atoms with Gasteiger partial charge in [0, 0.05) is 5.02 Å². The van der Waals surface area contributed by atoms with Gasteiger partial charge in [0.1, 0.15) is 5.75 Å². The summed E-state index contributed by atoms with van der Waals surface area (Å²) < 4.78 is 11.0. The van der Waals surface area contributed by atoms with Crippen molar-refractivity contribution in [2.75, 3.05) is 7.11 Å². The Morgan fingerprint density at radius 2 is 2.04 bits per heavy atom. The first-order valence-electron chi connectivity index (χ1n) is 7.33. The number of phenolic OH excluding ortho intramolecular Hbond substituents is 1. The number of ether oxygens (including phenoxy) is 2. The lowest BCUT2D eigenvalue weighted by atomic mass is 10.2. The molecule has 0 fully saturated rings. The molecule has 0 aromatic heterocycles. The van der Waals surface area contributed by atoms with E-state index in [4.69, 9.17) is 32.7 Å².